The van der Waals surface area contributed by atoms with Crippen molar-refractivity contribution in [2.45, 2.75) is 32.7 Å². The van der Waals surface area contributed by atoms with Gasteiger partial charge in [-0.15, -0.1) is 10.2 Å². The summed E-state index contributed by atoms with van der Waals surface area (Å²) < 4.78 is 5.17. The van der Waals surface area contributed by atoms with Gasteiger partial charge in [0, 0.05) is 17.8 Å². The zero-order chi connectivity index (χ0) is 22.7. The van der Waals surface area contributed by atoms with Crippen LogP contribution in [-0.4, -0.2) is 46.7 Å². The summed E-state index contributed by atoms with van der Waals surface area (Å²) in [5, 5.41) is 15.2. The molecule has 1 aliphatic rings. The molecule has 0 bridgehead atoms. The maximum absolute atomic E-state index is 12.9. The quantitative estimate of drug-likeness (QED) is 0.597. The number of carbonyl (C=O) groups is 2. The molecule has 0 aliphatic carbocycles. The molecule has 0 radical (unpaired) electrons. The molecular formula is C23H25N5O3S. The Morgan fingerprint density at radius 3 is 2.47 bits per heavy atom. The Morgan fingerprint density at radius 1 is 1.06 bits per heavy atom. The maximum atomic E-state index is 12.9. The third kappa shape index (κ3) is 4.57. The highest BCUT2D eigenvalue weighted by molar-refractivity contribution is 7.18. The topological polar surface area (TPSA) is 96.5 Å². The van der Waals surface area contributed by atoms with Crippen LogP contribution in [0.5, 0.6) is 5.75 Å². The summed E-state index contributed by atoms with van der Waals surface area (Å²) in [6.07, 6.45) is 1.38. The number of likely N-dealkylation sites (tertiary alicyclic amines) is 1. The molecule has 9 heteroatoms. The minimum Gasteiger partial charge on any atom is -0.497 e. The van der Waals surface area contributed by atoms with Crippen LogP contribution in [0.25, 0.3) is 10.6 Å². The van der Waals surface area contributed by atoms with Gasteiger partial charge < -0.3 is 15.0 Å². The molecule has 1 fully saturated rings. The lowest BCUT2D eigenvalue weighted by molar-refractivity contribution is -0.119. The second-order valence-corrected chi connectivity index (χ2v) is 8.66. The predicted molar refractivity (Wildman–Crippen MR) is 125 cm³/mol. The Hall–Kier alpha value is -3.46. The van der Waals surface area contributed by atoms with E-state index >= 15 is 0 Å². The molecule has 8 nitrogen and oxygen atoms in total. The largest absolute Gasteiger partial charge is 0.497 e. The number of ether oxygens (including phenoxy) is 1. The molecule has 1 saturated heterocycles. The molecule has 1 aromatic heterocycles. The van der Waals surface area contributed by atoms with Crippen molar-refractivity contribution in [3.63, 3.8) is 0 Å². The van der Waals surface area contributed by atoms with Crippen LogP contribution in [0.15, 0.2) is 42.5 Å². The minimum atomic E-state index is -0.548. The Kier molecular flexibility index (Phi) is 6.36. The van der Waals surface area contributed by atoms with Crippen LogP contribution in [0.1, 0.15) is 24.0 Å². The van der Waals surface area contributed by atoms with Crippen molar-refractivity contribution in [3.05, 3.63) is 53.6 Å². The lowest BCUT2D eigenvalue weighted by Crippen LogP contribution is -2.45. The number of hydrogen-bond acceptors (Lipinski definition) is 6. The van der Waals surface area contributed by atoms with E-state index in [9.17, 15) is 9.59 Å². The number of para-hydroxylation sites is 1. The van der Waals surface area contributed by atoms with Gasteiger partial charge >= 0.3 is 6.03 Å². The Labute approximate surface area is 190 Å². The van der Waals surface area contributed by atoms with Gasteiger partial charge in [0.1, 0.15) is 16.8 Å². The first-order chi connectivity index (χ1) is 15.5. The number of nitrogens with zero attached hydrogens (tertiary/aromatic N) is 3. The van der Waals surface area contributed by atoms with Crippen molar-refractivity contribution in [2.24, 2.45) is 0 Å². The number of rotatable bonds is 5. The summed E-state index contributed by atoms with van der Waals surface area (Å²) in [6, 6.07) is 12.5. The summed E-state index contributed by atoms with van der Waals surface area (Å²) in [5.41, 5.74) is 3.65. The Balaban J connectivity index is 1.42. The Bertz CT molecular complexity index is 1110. The number of methoxy groups -OCH3 is 1. The second kappa shape index (κ2) is 9.35. The van der Waals surface area contributed by atoms with Gasteiger partial charge in [0.15, 0.2) is 0 Å². The molecule has 2 heterocycles. The molecule has 1 unspecified atom stereocenters. The first-order valence-electron chi connectivity index (χ1n) is 10.4. The molecule has 0 saturated carbocycles. The molecule has 2 N–H and O–H groups in total. The van der Waals surface area contributed by atoms with E-state index in [-0.39, 0.29) is 11.9 Å². The molecule has 4 rings (SSSR count). The summed E-state index contributed by atoms with van der Waals surface area (Å²) >= 11 is 1.29. The summed E-state index contributed by atoms with van der Waals surface area (Å²) in [4.78, 5) is 27.5. The van der Waals surface area contributed by atoms with E-state index in [4.69, 9.17) is 4.74 Å². The van der Waals surface area contributed by atoms with Crippen LogP contribution >= 0.6 is 11.3 Å². The average molecular weight is 452 g/mol. The first-order valence-corrected chi connectivity index (χ1v) is 11.2. The number of hydrogen-bond donors (Lipinski definition) is 2. The van der Waals surface area contributed by atoms with Crippen molar-refractivity contribution in [3.8, 4) is 16.3 Å². The van der Waals surface area contributed by atoms with E-state index in [2.05, 4.69) is 20.8 Å². The number of anilines is 2. The fourth-order valence-electron chi connectivity index (χ4n) is 3.79. The lowest BCUT2D eigenvalue weighted by Gasteiger charge is -2.24. The van der Waals surface area contributed by atoms with Gasteiger partial charge in [-0.05, 0) is 62.1 Å². The van der Waals surface area contributed by atoms with E-state index in [1.807, 2.05) is 56.3 Å². The fraction of sp³-hybridized carbons (Fsp3) is 0.304. The maximum Gasteiger partial charge on any atom is 0.322 e. The SMILES string of the molecule is COc1ccc(-c2nnc(NC(=O)C3CCCN3C(=O)Nc3c(C)cccc3C)s2)cc1. The van der Waals surface area contributed by atoms with Gasteiger partial charge in [0.25, 0.3) is 0 Å². The van der Waals surface area contributed by atoms with Gasteiger partial charge in [0.05, 0.1) is 7.11 Å². The van der Waals surface area contributed by atoms with E-state index in [0.717, 1.165) is 34.5 Å². The number of amides is 3. The van der Waals surface area contributed by atoms with Crippen molar-refractivity contribution in [1.29, 1.82) is 0 Å². The zero-order valence-electron chi connectivity index (χ0n) is 18.2. The molecule has 3 aromatic rings. The number of aromatic nitrogens is 2. The fourth-order valence-corrected chi connectivity index (χ4v) is 4.54. The lowest BCUT2D eigenvalue weighted by atomic mass is 10.1. The molecule has 1 aliphatic heterocycles. The highest BCUT2D eigenvalue weighted by atomic mass is 32.1. The molecule has 3 amide bonds. The monoisotopic (exact) mass is 451 g/mol. The third-order valence-corrected chi connectivity index (χ3v) is 6.41. The summed E-state index contributed by atoms with van der Waals surface area (Å²) in [6.45, 7) is 4.43. The zero-order valence-corrected chi connectivity index (χ0v) is 19.0. The van der Waals surface area contributed by atoms with Gasteiger partial charge in [-0.3, -0.25) is 10.1 Å². The number of aryl methyl sites for hydroxylation is 2. The smallest absolute Gasteiger partial charge is 0.322 e. The van der Waals surface area contributed by atoms with Crippen LogP contribution in [0.3, 0.4) is 0 Å². The molecular weight excluding hydrogens is 426 g/mol. The summed E-state index contributed by atoms with van der Waals surface area (Å²) in [5.74, 6) is 0.504. The van der Waals surface area contributed by atoms with E-state index < -0.39 is 6.04 Å². The predicted octanol–water partition coefficient (Wildman–Crippen LogP) is 4.47. The molecule has 1 atom stereocenters. The van der Waals surface area contributed by atoms with E-state index in [1.165, 1.54) is 11.3 Å². The Morgan fingerprint density at radius 2 is 1.78 bits per heavy atom. The normalized spacial score (nSPS) is 15.5. The van der Waals surface area contributed by atoms with Crippen molar-refractivity contribution >= 4 is 34.1 Å². The number of carbonyl (C=O) groups excluding carboxylic acids is 2. The molecule has 0 spiro atoms. The highest BCUT2D eigenvalue weighted by Gasteiger charge is 2.35. The van der Waals surface area contributed by atoms with Gasteiger partial charge in [-0.2, -0.15) is 0 Å². The van der Waals surface area contributed by atoms with Crippen molar-refractivity contribution < 1.29 is 14.3 Å². The number of urea groups is 1. The van der Waals surface area contributed by atoms with Crippen molar-refractivity contribution in [1.82, 2.24) is 15.1 Å². The van der Waals surface area contributed by atoms with Crippen LogP contribution in [0.2, 0.25) is 0 Å². The number of nitrogens with one attached hydrogen (secondary N) is 2. The average Bonchev–Trinajstić information content (AvgIpc) is 3.46. The number of benzene rings is 2. The molecule has 2 aromatic carbocycles. The summed E-state index contributed by atoms with van der Waals surface area (Å²) in [7, 11) is 1.61. The third-order valence-electron chi connectivity index (χ3n) is 5.52. The van der Waals surface area contributed by atoms with Crippen LogP contribution in [-0.2, 0) is 4.79 Å². The first kappa shape index (κ1) is 21.8. The van der Waals surface area contributed by atoms with E-state index in [1.54, 1.807) is 12.0 Å². The van der Waals surface area contributed by atoms with E-state index in [0.29, 0.717) is 23.1 Å². The van der Waals surface area contributed by atoms with Crippen LogP contribution in [0, 0.1) is 13.8 Å². The molecule has 166 valence electrons. The van der Waals surface area contributed by atoms with Gasteiger partial charge in [-0.25, -0.2) is 4.79 Å². The van der Waals surface area contributed by atoms with Crippen LogP contribution in [0.4, 0.5) is 15.6 Å². The van der Waals surface area contributed by atoms with Crippen LogP contribution < -0.4 is 15.4 Å². The minimum absolute atomic E-state index is 0.253. The second-order valence-electron chi connectivity index (χ2n) is 7.68. The molecule has 32 heavy (non-hydrogen) atoms. The highest BCUT2D eigenvalue weighted by Crippen LogP contribution is 2.29. The van der Waals surface area contributed by atoms with Gasteiger partial charge in [-0.1, -0.05) is 29.5 Å². The van der Waals surface area contributed by atoms with Crippen molar-refractivity contribution in [2.75, 3.05) is 24.3 Å². The van der Waals surface area contributed by atoms with Gasteiger partial charge in [0.2, 0.25) is 11.0 Å². The standard InChI is InChI=1S/C23H25N5O3S/c1-14-6-4-7-15(2)19(14)24-23(30)28-13-5-8-18(28)20(29)25-22-27-26-21(32-22)16-9-11-17(31-3)12-10-16/h4,6-7,9-12,18H,5,8,13H2,1-3H3,(H,24,30)(H,25,27,29).